The Bertz CT molecular complexity index is 512. The molecule has 1 aromatic rings. The number of nitrogens with one attached hydrogen (secondary N) is 2. The SMILES string of the molecule is CC(=O)c1ccc(NC(=O)NCC(C)(C)C#N)cc1. The predicted molar refractivity (Wildman–Crippen MR) is 72.9 cm³/mol. The largest absolute Gasteiger partial charge is 0.336 e. The number of carbonyl (C=O) groups is 2. The van der Waals surface area contributed by atoms with Crippen LogP contribution in [0.25, 0.3) is 0 Å². The van der Waals surface area contributed by atoms with Crippen LogP contribution in [0, 0.1) is 16.7 Å². The van der Waals surface area contributed by atoms with Crippen LogP contribution in [-0.2, 0) is 0 Å². The minimum Gasteiger partial charge on any atom is -0.336 e. The molecule has 0 aliphatic carbocycles. The smallest absolute Gasteiger partial charge is 0.319 e. The molecule has 5 heteroatoms. The van der Waals surface area contributed by atoms with Crippen molar-refractivity contribution >= 4 is 17.5 Å². The lowest BCUT2D eigenvalue weighted by Gasteiger charge is -2.16. The quantitative estimate of drug-likeness (QED) is 0.815. The van der Waals surface area contributed by atoms with Crippen molar-refractivity contribution in [1.29, 1.82) is 5.26 Å². The summed E-state index contributed by atoms with van der Waals surface area (Å²) >= 11 is 0. The molecule has 5 nitrogen and oxygen atoms in total. The highest BCUT2D eigenvalue weighted by Gasteiger charge is 2.17. The van der Waals surface area contributed by atoms with Gasteiger partial charge in [0.15, 0.2) is 5.78 Å². The van der Waals surface area contributed by atoms with E-state index in [-0.39, 0.29) is 18.4 Å². The van der Waals surface area contributed by atoms with E-state index in [0.717, 1.165) is 0 Å². The van der Waals surface area contributed by atoms with Crippen LogP contribution in [0.15, 0.2) is 24.3 Å². The summed E-state index contributed by atoms with van der Waals surface area (Å²) in [4.78, 5) is 22.7. The first-order chi connectivity index (χ1) is 8.84. The van der Waals surface area contributed by atoms with Gasteiger partial charge in [0.2, 0.25) is 0 Å². The van der Waals surface area contributed by atoms with Gasteiger partial charge in [-0.05, 0) is 45.0 Å². The number of benzene rings is 1. The molecule has 1 aromatic carbocycles. The third-order valence-corrected chi connectivity index (χ3v) is 2.54. The topological polar surface area (TPSA) is 82.0 Å². The molecule has 0 saturated heterocycles. The second-order valence-corrected chi connectivity index (χ2v) is 4.94. The molecule has 0 saturated carbocycles. The second kappa shape index (κ2) is 6.01. The number of hydrogen-bond acceptors (Lipinski definition) is 3. The van der Waals surface area contributed by atoms with Crippen LogP contribution in [0.4, 0.5) is 10.5 Å². The molecule has 0 aliphatic rings. The summed E-state index contributed by atoms with van der Waals surface area (Å²) in [6, 6.07) is 8.34. The van der Waals surface area contributed by atoms with Crippen molar-refractivity contribution in [3.63, 3.8) is 0 Å². The number of ketones is 1. The average Bonchev–Trinajstić information content (AvgIpc) is 2.37. The minimum absolute atomic E-state index is 0.0215. The third-order valence-electron chi connectivity index (χ3n) is 2.54. The third kappa shape index (κ3) is 4.80. The lowest BCUT2D eigenvalue weighted by Crippen LogP contribution is -2.36. The summed E-state index contributed by atoms with van der Waals surface area (Å²) in [6.07, 6.45) is 0. The molecule has 0 atom stereocenters. The van der Waals surface area contributed by atoms with Crippen molar-refractivity contribution in [2.45, 2.75) is 20.8 Å². The van der Waals surface area contributed by atoms with Crippen LogP contribution in [0.5, 0.6) is 0 Å². The molecular weight excluding hydrogens is 242 g/mol. The van der Waals surface area contributed by atoms with Gasteiger partial charge in [-0.15, -0.1) is 0 Å². The maximum absolute atomic E-state index is 11.6. The fourth-order valence-electron chi connectivity index (χ4n) is 1.30. The number of Topliss-reactive ketones (excluding diaryl/α,β-unsaturated/α-hetero) is 1. The molecular formula is C14H17N3O2. The minimum atomic E-state index is -0.601. The molecule has 0 aliphatic heterocycles. The van der Waals surface area contributed by atoms with Gasteiger partial charge in [-0.1, -0.05) is 0 Å². The second-order valence-electron chi connectivity index (χ2n) is 4.94. The first-order valence-electron chi connectivity index (χ1n) is 5.91. The van der Waals surface area contributed by atoms with E-state index in [9.17, 15) is 9.59 Å². The van der Waals surface area contributed by atoms with Gasteiger partial charge in [-0.3, -0.25) is 4.79 Å². The standard InChI is InChI=1S/C14H17N3O2/c1-10(18)11-4-6-12(7-5-11)17-13(19)16-9-14(2,3)8-15/h4-7H,9H2,1-3H3,(H2,16,17,19). The van der Waals surface area contributed by atoms with E-state index in [1.165, 1.54) is 6.92 Å². The van der Waals surface area contributed by atoms with E-state index in [0.29, 0.717) is 11.3 Å². The number of urea groups is 1. The van der Waals surface area contributed by atoms with Crippen molar-refractivity contribution in [3.05, 3.63) is 29.8 Å². The van der Waals surface area contributed by atoms with Crippen molar-refractivity contribution in [2.75, 3.05) is 11.9 Å². The zero-order valence-electron chi connectivity index (χ0n) is 11.3. The normalized spacial score (nSPS) is 10.4. The Morgan fingerprint density at radius 1 is 1.26 bits per heavy atom. The molecule has 0 aromatic heterocycles. The van der Waals surface area contributed by atoms with Gasteiger partial charge in [0.1, 0.15) is 0 Å². The highest BCUT2D eigenvalue weighted by Crippen LogP contribution is 2.12. The summed E-state index contributed by atoms with van der Waals surface area (Å²) in [7, 11) is 0. The maximum Gasteiger partial charge on any atom is 0.319 e. The lowest BCUT2D eigenvalue weighted by atomic mass is 9.96. The highest BCUT2D eigenvalue weighted by molar-refractivity contribution is 5.95. The monoisotopic (exact) mass is 259 g/mol. The van der Waals surface area contributed by atoms with Gasteiger partial charge < -0.3 is 10.6 Å². The fraction of sp³-hybridized carbons (Fsp3) is 0.357. The predicted octanol–water partition coefficient (Wildman–Crippen LogP) is 2.56. The van der Waals surface area contributed by atoms with E-state index in [1.807, 2.05) is 0 Å². The number of nitriles is 1. The fourth-order valence-corrected chi connectivity index (χ4v) is 1.30. The van der Waals surface area contributed by atoms with E-state index in [1.54, 1.807) is 38.1 Å². The maximum atomic E-state index is 11.6. The molecule has 100 valence electrons. The average molecular weight is 259 g/mol. The molecule has 2 N–H and O–H groups in total. The first kappa shape index (κ1) is 14.7. The Kier molecular flexibility index (Phi) is 4.65. The van der Waals surface area contributed by atoms with Crippen LogP contribution in [0.1, 0.15) is 31.1 Å². The number of carbonyl (C=O) groups excluding carboxylic acids is 2. The van der Waals surface area contributed by atoms with Gasteiger partial charge in [0.25, 0.3) is 0 Å². The first-order valence-corrected chi connectivity index (χ1v) is 5.91. The molecule has 0 spiro atoms. The van der Waals surface area contributed by atoms with Crippen LogP contribution in [-0.4, -0.2) is 18.4 Å². The molecule has 1 rings (SSSR count). The van der Waals surface area contributed by atoms with Gasteiger partial charge >= 0.3 is 6.03 Å². The zero-order chi connectivity index (χ0) is 14.5. The summed E-state index contributed by atoms with van der Waals surface area (Å²) in [5.74, 6) is -0.0215. The van der Waals surface area contributed by atoms with E-state index in [4.69, 9.17) is 5.26 Å². The zero-order valence-corrected chi connectivity index (χ0v) is 11.3. The number of hydrogen-bond donors (Lipinski definition) is 2. The molecule has 0 unspecified atom stereocenters. The summed E-state index contributed by atoms with van der Waals surface area (Å²) in [5, 5.41) is 14.1. The Hall–Kier alpha value is -2.35. The Balaban J connectivity index is 2.54. The number of anilines is 1. The van der Waals surface area contributed by atoms with Crippen molar-refractivity contribution in [1.82, 2.24) is 5.32 Å². The van der Waals surface area contributed by atoms with Gasteiger partial charge in [-0.25, -0.2) is 4.79 Å². The van der Waals surface area contributed by atoms with E-state index >= 15 is 0 Å². The van der Waals surface area contributed by atoms with Crippen LogP contribution in [0.3, 0.4) is 0 Å². The van der Waals surface area contributed by atoms with Crippen molar-refractivity contribution in [2.24, 2.45) is 5.41 Å². The van der Waals surface area contributed by atoms with Crippen molar-refractivity contribution in [3.8, 4) is 6.07 Å². The number of amides is 2. The highest BCUT2D eigenvalue weighted by atomic mass is 16.2. The Labute approximate surface area is 112 Å². The Morgan fingerprint density at radius 2 is 1.84 bits per heavy atom. The summed E-state index contributed by atoms with van der Waals surface area (Å²) in [5.41, 5.74) is 0.587. The molecule has 19 heavy (non-hydrogen) atoms. The number of rotatable bonds is 4. The van der Waals surface area contributed by atoms with E-state index in [2.05, 4.69) is 16.7 Å². The van der Waals surface area contributed by atoms with Crippen LogP contribution >= 0.6 is 0 Å². The summed E-state index contributed by atoms with van der Waals surface area (Å²) < 4.78 is 0. The molecule has 0 heterocycles. The number of nitrogens with zero attached hydrogens (tertiary/aromatic N) is 1. The lowest BCUT2D eigenvalue weighted by molar-refractivity contribution is 0.101. The van der Waals surface area contributed by atoms with Gasteiger partial charge in [0.05, 0.1) is 11.5 Å². The summed E-state index contributed by atoms with van der Waals surface area (Å²) in [6.45, 7) is 5.24. The van der Waals surface area contributed by atoms with E-state index < -0.39 is 5.41 Å². The van der Waals surface area contributed by atoms with Crippen LogP contribution < -0.4 is 10.6 Å². The Morgan fingerprint density at radius 3 is 2.32 bits per heavy atom. The van der Waals surface area contributed by atoms with Gasteiger partial charge in [-0.2, -0.15) is 5.26 Å². The molecule has 0 radical (unpaired) electrons. The van der Waals surface area contributed by atoms with Crippen molar-refractivity contribution < 1.29 is 9.59 Å². The molecule has 2 amide bonds. The van der Waals surface area contributed by atoms with Gasteiger partial charge in [0, 0.05) is 17.8 Å². The molecule has 0 bridgehead atoms. The van der Waals surface area contributed by atoms with Crippen LogP contribution in [0.2, 0.25) is 0 Å². The molecule has 0 fully saturated rings.